The van der Waals surface area contributed by atoms with Crippen molar-refractivity contribution < 1.29 is 14.4 Å². The minimum absolute atomic E-state index is 0.00934. The molecule has 2 saturated heterocycles. The highest BCUT2D eigenvalue weighted by molar-refractivity contribution is 5.97. The number of rotatable bonds is 5. The first kappa shape index (κ1) is 22.1. The maximum Gasteiger partial charge on any atom is 0.253 e. The molecule has 2 aliphatic rings. The molecule has 0 saturated carbocycles. The minimum atomic E-state index is -0.558. The Labute approximate surface area is 189 Å². The maximum atomic E-state index is 13.3. The van der Waals surface area contributed by atoms with Crippen LogP contribution in [-0.2, 0) is 4.79 Å². The van der Waals surface area contributed by atoms with Gasteiger partial charge in [-0.3, -0.25) is 14.4 Å². The predicted octanol–water partition coefficient (Wildman–Crippen LogP) is 3.27. The Morgan fingerprint density at radius 2 is 1.44 bits per heavy atom. The van der Waals surface area contributed by atoms with Gasteiger partial charge in [0.1, 0.15) is 6.04 Å². The van der Waals surface area contributed by atoms with Crippen molar-refractivity contribution in [1.82, 2.24) is 15.1 Å². The molecule has 0 bridgehead atoms. The van der Waals surface area contributed by atoms with E-state index < -0.39 is 6.04 Å². The van der Waals surface area contributed by atoms with Crippen LogP contribution in [0.2, 0.25) is 0 Å². The molecule has 0 spiro atoms. The number of hydrogen-bond donors (Lipinski definition) is 1. The summed E-state index contributed by atoms with van der Waals surface area (Å²) in [5.74, 6) is -0.173. The highest BCUT2D eigenvalue weighted by atomic mass is 16.2. The molecule has 6 heteroatoms. The summed E-state index contributed by atoms with van der Waals surface area (Å²) in [6.45, 7) is 4.67. The molecule has 1 N–H and O–H groups in total. The van der Waals surface area contributed by atoms with Gasteiger partial charge in [-0.05, 0) is 62.8 Å². The number of carbonyl (C=O) groups is 3. The summed E-state index contributed by atoms with van der Waals surface area (Å²) in [5, 5.41) is 3.03. The number of amides is 3. The fraction of sp³-hybridized carbons (Fsp3) is 0.423. The summed E-state index contributed by atoms with van der Waals surface area (Å²) in [6.07, 6.45) is 3.40. The lowest BCUT2D eigenvalue weighted by atomic mass is 9.88. The minimum Gasteiger partial charge on any atom is -0.341 e. The van der Waals surface area contributed by atoms with Crippen molar-refractivity contribution in [2.24, 2.45) is 5.92 Å². The third kappa shape index (κ3) is 5.01. The van der Waals surface area contributed by atoms with E-state index in [2.05, 4.69) is 5.32 Å². The highest BCUT2D eigenvalue weighted by Crippen LogP contribution is 2.25. The van der Waals surface area contributed by atoms with E-state index in [4.69, 9.17) is 0 Å². The summed E-state index contributed by atoms with van der Waals surface area (Å²) < 4.78 is 0. The molecule has 2 fully saturated rings. The molecule has 0 radical (unpaired) electrons. The molecule has 2 heterocycles. The summed E-state index contributed by atoms with van der Waals surface area (Å²) >= 11 is 0. The number of piperidine rings is 1. The monoisotopic (exact) mass is 433 g/mol. The van der Waals surface area contributed by atoms with Crippen molar-refractivity contribution in [2.45, 2.75) is 38.6 Å². The van der Waals surface area contributed by atoms with Gasteiger partial charge in [0.15, 0.2) is 0 Å². The molecule has 1 atom stereocenters. The zero-order valence-electron chi connectivity index (χ0n) is 18.6. The third-order valence-electron chi connectivity index (χ3n) is 6.60. The third-order valence-corrected chi connectivity index (χ3v) is 6.60. The molecule has 0 aliphatic carbocycles. The van der Waals surface area contributed by atoms with Crippen molar-refractivity contribution >= 4 is 17.7 Å². The Kier molecular flexibility index (Phi) is 6.88. The molecule has 1 unspecified atom stereocenters. The number of aryl methyl sites for hydroxylation is 1. The molecule has 3 amide bonds. The summed E-state index contributed by atoms with van der Waals surface area (Å²) in [7, 11) is 0. The zero-order chi connectivity index (χ0) is 22.5. The van der Waals surface area contributed by atoms with E-state index in [0.29, 0.717) is 37.1 Å². The van der Waals surface area contributed by atoms with Crippen LogP contribution in [-0.4, -0.2) is 59.7 Å². The first-order valence-electron chi connectivity index (χ1n) is 11.5. The fourth-order valence-electron chi connectivity index (χ4n) is 4.64. The van der Waals surface area contributed by atoms with Crippen LogP contribution < -0.4 is 5.32 Å². The van der Waals surface area contributed by atoms with Gasteiger partial charge in [-0.1, -0.05) is 35.9 Å². The lowest BCUT2D eigenvalue weighted by Crippen LogP contribution is -2.54. The Balaban J connectivity index is 1.44. The van der Waals surface area contributed by atoms with Crippen LogP contribution in [0.15, 0.2) is 54.6 Å². The molecule has 168 valence electrons. The molecular weight excluding hydrogens is 402 g/mol. The lowest BCUT2D eigenvalue weighted by molar-refractivity contribution is -0.134. The number of carbonyl (C=O) groups excluding carboxylic acids is 3. The summed E-state index contributed by atoms with van der Waals surface area (Å²) in [4.78, 5) is 42.8. The molecule has 0 aromatic heterocycles. The van der Waals surface area contributed by atoms with Crippen molar-refractivity contribution in [2.75, 3.05) is 26.2 Å². The van der Waals surface area contributed by atoms with E-state index in [0.717, 1.165) is 31.5 Å². The summed E-state index contributed by atoms with van der Waals surface area (Å²) in [5.41, 5.74) is 2.37. The van der Waals surface area contributed by atoms with Gasteiger partial charge in [0.05, 0.1) is 0 Å². The molecule has 2 aliphatic heterocycles. The molecule has 2 aromatic carbocycles. The van der Waals surface area contributed by atoms with E-state index >= 15 is 0 Å². The van der Waals surface area contributed by atoms with Gasteiger partial charge in [0.25, 0.3) is 11.8 Å². The quantitative estimate of drug-likeness (QED) is 0.787. The van der Waals surface area contributed by atoms with Crippen molar-refractivity contribution in [1.29, 1.82) is 0 Å². The van der Waals surface area contributed by atoms with Gasteiger partial charge in [0, 0.05) is 37.3 Å². The first-order chi connectivity index (χ1) is 15.5. The van der Waals surface area contributed by atoms with Crippen LogP contribution in [0.5, 0.6) is 0 Å². The zero-order valence-corrected chi connectivity index (χ0v) is 18.6. The van der Waals surface area contributed by atoms with Gasteiger partial charge in [0.2, 0.25) is 5.91 Å². The lowest BCUT2D eigenvalue weighted by Gasteiger charge is -2.37. The van der Waals surface area contributed by atoms with Gasteiger partial charge in [-0.25, -0.2) is 0 Å². The average Bonchev–Trinajstić information content (AvgIpc) is 3.38. The number of nitrogens with one attached hydrogen (secondary N) is 1. The second-order valence-electron chi connectivity index (χ2n) is 8.85. The van der Waals surface area contributed by atoms with Gasteiger partial charge >= 0.3 is 0 Å². The van der Waals surface area contributed by atoms with Crippen LogP contribution >= 0.6 is 0 Å². The highest BCUT2D eigenvalue weighted by Gasteiger charge is 2.37. The van der Waals surface area contributed by atoms with Crippen LogP contribution in [0.25, 0.3) is 0 Å². The molecule has 6 nitrogen and oxygen atoms in total. The second kappa shape index (κ2) is 9.98. The standard InChI is InChI=1S/C26H31N3O3/c1-19-9-11-22(12-10-19)25(31)29-17-13-20(14-18-29)23(26(32)28-15-5-6-16-28)27-24(30)21-7-3-2-4-8-21/h2-4,7-12,20,23H,5-6,13-18H2,1H3,(H,27,30). The van der Waals surface area contributed by atoms with Gasteiger partial charge in [-0.2, -0.15) is 0 Å². The fourth-order valence-corrected chi connectivity index (χ4v) is 4.64. The number of likely N-dealkylation sites (tertiary alicyclic amines) is 2. The first-order valence-corrected chi connectivity index (χ1v) is 11.5. The molecular formula is C26H31N3O3. The van der Waals surface area contributed by atoms with Crippen LogP contribution in [0.4, 0.5) is 0 Å². The Morgan fingerprint density at radius 1 is 0.812 bits per heavy atom. The van der Waals surface area contributed by atoms with Crippen molar-refractivity contribution in [3.63, 3.8) is 0 Å². The normalized spacial score (nSPS) is 17.8. The maximum absolute atomic E-state index is 13.3. The molecule has 32 heavy (non-hydrogen) atoms. The number of nitrogens with zero attached hydrogens (tertiary/aromatic N) is 2. The Bertz CT molecular complexity index is 944. The second-order valence-corrected chi connectivity index (χ2v) is 8.85. The predicted molar refractivity (Wildman–Crippen MR) is 123 cm³/mol. The smallest absolute Gasteiger partial charge is 0.253 e. The number of benzene rings is 2. The van der Waals surface area contributed by atoms with Crippen LogP contribution in [0, 0.1) is 12.8 Å². The van der Waals surface area contributed by atoms with Gasteiger partial charge < -0.3 is 15.1 Å². The van der Waals surface area contributed by atoms with E-state index in [1.165, 1.54) is 0 Å². The van der Waals surface area contributed by atoms with E-state index in [1.807, 2.05) is 59.2 Å². The number of hydrogen-bond acceptors (Lipinski definition) is 3. The molecule has 4 rings (SSSR count). The van der Waals surface area contributed by atoms with Crippen LogP contribution in [0.1, 0.15) is 52.0 Å². The van der Waals surface area contributed by atoms with E-state index in [1.54, 1.807) is 12.1 Å². The largest absolute Gasteiger partial charge is 0.341 e. The SMILES string of the molecule is Cc1ccc(C(=O)N2CCC(C(NC(=O)c3ccccc3)C(=O)N3CCCC3)CC2)cc1. The topological polar surface area (TPSA) is 69.7 Å². The van der Waals surface area contributed by atoms with Crippen LogP contribution in [0.3, 0.4) is 0 Å². The van der Waals surface area contributed by atoms with Gasteiger partial charge in [-0.15, -0.1) is 0 Å². The summed E-state index contributed by atoms with van der Waals surface area (Å²) in [6, 6.07) is 16.1. The molecule has 2 aromatic rings. The average molecular weight is 434 g/mol. The Morgan fingerprint density at radius 3 is 2.06 bits per heavy atom. The van der Waals surface area contributed by atoms with E-state index in [9.17, 15) is 14.4 Å². The van der Waals surface area contributed by atoms with E-state index in [-0.39, 0.29) is 23.6 Å². The van der Waals surface area contributed by atoms with Crippen molar-refractivity contribution in [3.8, 4) is 0 Å². The van der Waals surface area contributed by atoms with Crippen molar-refractivity contribution in [3.05, 3.63) is 71.3 Å². The Hall–Kier alpha value is -3.15.